The molecule has 0 unspecified atom stereocenters. The van der Waals surface area contributed by atoms with Gasteiger partial charge in [0.05, 0.1) is 0 Å². The largest absolute Gasteiger partial charge is 0.381 e. The Hall–Kier alpha value is -0.120. The smallest absolute Gasteiger partial charge is 0.0488 e. The molecule has 0 amide bonds. The lowest BCUT2D eigenvalue weighted by molar-refractivity contribution is 0.101. The van der Waals surface area contributed by atoms with E-state index in [1.165, 1.54) is 44.9 Å². The molecule has 0 saturated carbocycles. The predicted octanol–water partition coefficient (Wildman–Crippen LogP) is 9.68. The predicted molar refractivity (Wildman–Crippen MR) is 154 cm³/mol. The Morgan fingerprint density at radius 3 is 0.971 bits per heavy atom. The third kappa shape index (κ3) is 49.1. The van der Waals surface area contributed by atoms with E-state index in [1.807, 2.05) is 0 Å². The van der Waals surface area contributed by atoms with Crippen LogP contribution in [-0.2, 0) is 14.2 Å². The molecule has 0 aromatic carbocycles. The molecule has 0 bridgehead atoms. The lowest BCUT2D eigenvalue weighted by Crippen LogP contribution is -2.04. The zero-order chi connectivity index (χ0) is 26.8. The van der Waals surface area contributed by atoms with Crippen LogP contribution >= 0.6 is 0 Å². The van der Waals surface area contributed by atoms with E-state index in [4.69, 9.17) is 14.2 Å². The molecular formula is C31H68O3. The van der Waals surface area contributed by atoms with Crippen molar-refractivity contribution in [2.75, 3.05) is 39.6 Å². The topological polar surface area (TPSA) is 27.7 Å². The fourth-order valence-electron chi connectivity index (χ4n) is 2.56. The molecule has 0 aromatic heterocycles. The van der Waals surface area contributed by atoms with Crippen LogP contribution in [0.1, 0.15) is 128 Å². The van der Waals surface area contributed by atoms with Crippen molar-refractivity contribution in [3.8, 4) is 0 Å². The van der Waals surface area contributed by atoms with E-state index < -0.39 is 0 Å². The average Bonchev–Trinajstić information content (AvgIpc) is 2.70. The van der Waals surface area contributed by atoms with E-state index in [0.717, 1.165) is 69.2 Å². The molecule has 0 saturated heterocycles. The standard InChI is InChI=1S/C12H26O.C10H22O.C9H20O/c1-11(2)7-5-6-9-13-10-8-12(3)4;1-9(2)5-7-11-8-6-10(3)4;1-8(2)5-6-10-7-9(3)4/h11-12H,5-10H2,1-4H3;9-10H,5-8H2,1-4H3;8-9H,5-7H2,1-4H3. The highest BCUT2D eigenvalue weighted by Crippen LogP contribution is 2.07. The molecule has 3 heteroatoms. The second-order valence-electron chi connectivity index (χ2n) is 12.3. The van der Waals surface area contributed by atoms with Gasteiger partial charge >= 0.3 is 0 Å². The molecule has 0 atom stereocenters. The molecule has 0 N–H and O–H groups in total. The molecule has 0 rings (SSSR count). The van der Waals surface area contributed by atoms with Crippen LogP contribution in [0.3, 0.4) is 0 Å². The van der Waals surface area contributed by atoms with Crippen molar-refractivity contribution in [1.29, 1.82) is 0 Å². The Balaban J connectivity index is -0.000000428. The summed E-state index contributed by atoms with van der Waals surface area (Å²) in [5.41, 5.74) is 0. The fourth-order valence-corrected chi connectivity index (χ4v) is 2.56. The normalized spacial score (nSPS) is 11.5. The summed E-state index contributed by atoms with van der Waals surface area (Å²) >= 11 is 0. The van der Waals surface area contributed by atoms with Crippen LogP contribution in [0, 0.1) is 35.5 Å². The highest BCUT2D eigenvalue weighted by Gasteiger charge is 1.97. The lowest BCUT2D eigenvalue weighted by Gasteiger charge is -2.07. The Kier molecular flexibility index (Phi) is 32.9. The molecule has 0 aliphatic heterocycles. The van der Waals surface area contributed by atoms with Gasteiger partial charge in [-0.3, -0.25) is 0 Å². The number of rotatable bonds is 19. The number of hydrogen-bond donors (Lipinski definition) is 0. The Labute approximate surface area is 217 Å². The zero-order valence-corrected chi connectivity index (χ0v) is 25.9. The van der Waals surface area contributed by atoms with Gasteiger partial charge in [-0.1, -0.05) is 95.9 Å². The summed E-state index contributed by atoms with van der Waals surface area (Å²) in [6.45, 7) is 32.3. The van der Waals surface area contributed by atoms with Crippen molar-refractivity contribution in [1.82, 2.24) is 0 Å². The Morgan fingerprint density at radius 2 is 0.647 bits per heavy atom. The maximum Gasteiger partial charge on any atom is 0.0488 e. The van der Waals surface area contributed by atoms with Gasteiger partial charge in [-0.2, -0.15) is 0 Å². The first-order chi connectivity index (χ1) is 15.9. The Morgan fingerprint density at radius 1 is 0.324 bits per heavy atom. The van der Waals surface area contributed by atoms with Crippen molar-refractivity contribution in [2.45, 2.75) is 128 Å². The second kappa shape index (κ2) is 29.1. The zero-order valence-electron chi connectivity index (χ0n) is 25.9. The lowest BCUT2D eigenvalue weighted by atomic mass is 10.1. The molecule has 0 aromatic rings. The van der Waals surface area contributed by atoms with Crippen LogP contribution in [0.5, 0.6) is 0 Å². The van der Waals surface area contributed by atoms with Gasteiger partial charge in [-0.15, -0.1) is 0 Å². The van der Waals surface area contributed by atoms with Gasteiger partial charge in [0, 0.05) is 39.6 Å². The molecular weight excluding hydrogens is 420 g/mol. The molecule has 0 heterocycles. The van der Waals surface area contributed by atoms with Crippen LogP contribution in [-0.4, -0.2) is 39.6 Å². The van der Waals surface area contributed by atoms with Crippen LogP contribution in [0.4, 0.5) is 0 Å². The van der Waals surface area contributed by atoms with E-state index in [9.17, 15) is 0 Å². The maximum atomic E-state index is 5.53. The van der Waals surface area contributed by atoms with Gasteiger partial charge in [-0.25, -0.2) is 0 Å². The summed E-state index contributed by atoms with van der Waals surface area (Å²) in [7, 11) is 0. The molecule has 0 aliphatic carbocycles. The van der Waals surface area contributed by atoms with Gasteiger partial charge in [0.25, 0.3) is 0 Å². The second-order valence-corrected chi connectivity index (χ2v) is 12.3. The monoisotopic (exact) mass is 489 g/mol. The van der Waals surface area contributed by atoms with E-state index in [1.54, 1.807) is 0 Å². The minimum absolute atomic E-state index is 0.673. The molecule has 34 heavy (non-hydrogen) atoms. The van der Waals surface area contributed by atoms with Gasteiger partial charge < -0.3 is 14.2 Å². The van der Waals surface area contributed by atoms with E-state index in [-0.39, 0.29) is 0 Å². The van der Waals surface area contributed by atoms with Crippen molar-refractivity contribution in [2.24, 2.45) is 35.5 Å². The number of ether oxygens (including phenoxy) is 3. The maximum absolute atomic E-state index is 5.53. The summed E-state index contributed by atoms with van der Waals surface area (Å²) in [5.74, 6) is 4.61. The van der Waals surface area contributed by atoms with Crippen molar-refractivity contribution < 1.29 is 14.2 Å². The third-order valence-corrected chi connectivity index (χ3v) is 5.13. The van der Waals surface area contributed by atoms with Crippen LogP contribution in [0.2, 0.25) is 0 Å². The summed E-state index contributed by atoms with van der Waals surface area (Å²) in [4.78, 5) is 0. The van der Waals surface area contributed by atoms with Crippen LogP contribution in [0.15, 0.2) is 0 Å². The third-order valence-electron chi connectivity index (χ3n) is 5.13. The quantitative estimate of drug-likeness (QED) is 0.169. The van der Waals surface area contributed by atoms with E-state index in [0.29, 0.717) is 5.92 Å². The molecule has 210 valence electrons. The molecule has 0 spiro atoms. The van der Waals surface area contributed by atoms with Gasteiger partial charge in [0.2, 0.25) is 0 Å². The highest BCUT2D eigenvalue weighted by atomic mass is 16.5. The van der Waals surface area contributed by atoms with Crippen LogP contribution in [0.25, 0.3) is 0 Å². The van der Waals surface area contributed by atoms with Gasteiger partial charge in [0.15, 0.2) is 0 Å². The van der Waals surface area contributed by atoms with Crippen LogP contribution < -0.4 is 0 Å². The minimum Gasteiger partial charge on any atom is -0.381 e. The summed E-state index contributed by atoms with van der Waals surface area (Å²) < 4.78 is 16.4. The first-order valence-corrected chi connectivity index (χ1v) is 14.6. The SMILES string of the molecule is CC(C)CCCCOCCC(C)C.CC(C)CCOCC(C)C.CC(C)CCOCCC(C)C. The molecule has 0 aliphatic rings. The molecule has 0 fully saturated rings. The van der Waals surface area contributed by atoms with Crippen molar-refractivity contribution in [3.05, 3.63) is 0 Å². The van der Waals surface area contributed by atoms with Crippen molar-refractivity contribution >= 4 is 0 Å². The first kappa shape index (κ1) is 38.4. The summed E-state index contributed by atoms with van der Waals surface area (Å²) in [6.07, 6.45) is 8.66. The number of hydrogen-bond acceptors (Lipinski definition) is 3. The Bertz CT molecular complexity index is 317. The highest BCUT2D eigenvalue weighted by molar-refractivity contribution is 4.48. The average molecular weight is 489 g/mol. The van der Waals surface area contributed by atoms with E-state index in [2.05, 4.69) is 83.1 Å². The minimum atomic E-state index is 0.673. The number of unbranched alkanes of at least 4 members (excludes halogenated alkanes) is 1. The van der Waals surface area contributed by atoms with Crippen molar-refractivity contribution in [3.63, 3.8) is 0 Å². The fraction of sp³-hybridized carbons (Fsp3) is 1.00. The summed E-state index contributed by atoms with van der Waals surface area (Å²) in [6, 6.07) is 0. The van der Waals surface area contributed by atoms with E-state index >= 15 is 0 Å². The van der Waals surface area contributed by atoms with Gasteiger partial charge in [0.1, 0.15) is 0 Å². The van der Waals surface area contributed by atoms with Gasteiger partial charge in [-0.05, 0) is 67.6 Å². The summed E-state index contributed by atoms with van der Waals surface area (Å²) in [5, 5.41) is 0. The first-order valence-electron chi connectivity index (χ1n) is 14.6. The molecule has 3 nitrogen and oxygen atoms in total. The molecule has 0 radical (unpaired) electrons.